The van der Waals surface area contributed by atoms with Gasteiger partial charge in [0, 0.05) is 18.7 Å². The standard InChI is InChI=1S/C23H25N3O4/c1-17-5-4-6-21(11-17)30-15-19-12-18(7-9-22(19)29-3)8-10-23(27)25-20-13-24-26(14-20)16-28-2/h4-14H,15-16H2,1-3H3,(H,25,27)/b10-8+. The molecule has 1 N–H and O–H groups in total. The Labute approximate surface area is 175 Å². The van der Waals surface area contributed by atoms with Gasteiger partial charge in [-0.05, 0) is 48.4 Å². The van der Waals surface area contributed by atoms with Crippen LogP contribution >= 0.6 is 0 Å². The molecule has 0 atom stereocenters. The lowest BCUT2D eigenvalue weighted by molar-refractivity contribution is -0.111. The van der Waals surface area contributed by atoms with Crippen molar-refractivity contribution in [3.8, 4) is 11.5 Å². The van der Waals surface area contributed by atoms with Crippen molar-refractivity contribution >= 4 is 17.7 Å². The van der Waals surface area contributed by atoms with Crippen LogP contribution in [0.4, 0.5) is 5.69 Å². The van der Waals surface area contributed by atoms with Crippen LogP contribution in [0.3, 0.4) is 0 Å². The molecule has 1 aromatic heterocycles. The number of carbonyl (C=O) groups excluding carboxylic acids is 1. The highest BCUT2D eigenvalue weighted by atomic mass is 16.5. The summed E-state index contributed by atoms with van der Waals surface area (Å²) in [5.41, 5.74) is 3.49. The second-order valence-electron chi connectivity index (χ2n) is 6.69. The molecule has 0 aliphatic carbocycles. The van der Waals surface area contributed by atoms with Gasteiger partial charge in [-0.25, -0.2) is 4.68 Å². The fraction of sp³-hybridized carbons (Fsp3) is 0.217. The van der Waals surface area contributed by atoms with Crippen LogP contribution < -0.4 is 14.8 Å². The number of aryl methyl sites for hydroxylation is 1. The second-order valence-corrected chi connectivity index (χ2v) is 6.69. The smallest absolute Gasteiger partial charge is 0.248 e. The van der Waals surface area contributed by atoms with Gasteiger partial charge in [0.25, 0.3) is 0 Å². The average Bonchev–Trinajstić information content (AvgIpc) is 3.18. The number of nitrogens with one attached hydrogen (secondary N) is 1. The quantitative estimate of drug-likeness (QED) is 0.542. The number of ether oxygens (including phenoxy) is 3. The number of benzene rings is 2. The highest BCUT2D eigenvalue weighted by Gasteiger charge is 2.06. The maximum atomic E-state index is 12.2. The van der Waals surface area contributed by atoms with Gasteiger partial charge in [0.1, 0.15) is 24.8 Å². The van der Waals surface area contributed by atoms with Gasteiger partial charge in [0.15, 0.2) is 0 Å². The van der Waals surface area contributed by atoms with Gasteiger partial charge >= 0.3 is 0 Å². The van der Waals surface area contributed by atoms with E-state index in [1.165, 1.54) is 6.08 Å². The Bertz CT molecular complexity index is 1030. The zero-order chi connectivity index (χ0) is 21.3. The topological polar surface area (TPSA) is 74.6 Å². The van der Waals surface area contributed by atoms with Crippen LogP contribution in [0.2, 0.25) is 0 Å². The van der Waals surface area contributed by atoms with E-state index in [1.54, 1.807) is 37.4 Å². The first-order valence-electron chi connectivity index (χ1n) is 9.44. The van der Waals surface area contributed by atoms with Gasteiger partial charge in [-0.3, -0.25) is 4.79 Å². The van der Waals surface area contributed by atoms with Crippen molar-refractivity contribution in [3.05, 3.63) is 77.6 Å². The lowest BCUT2D eigenvalue weighted by atomic mass is 10.1. The number of anilines is 1. The number of carbonyl (C=O) groups is 1. The summed E-state index contributed by atoms with van der Waals surface area (Å²) in [5.74, 6) is 1.28. The van der Waals surface area contributed by atoms with E-state index in [4.69, 9.17) is 14.2 Å². The molecule has 0 saturated carbocycles. The van der Waals surface area contributed by atoms with Gasteiger partial charge in [-0.15, -0.1) is 0 Å². The first-order chi connectivity index (χ1) is 14.6. The Balaban J connectivity index is 1.64. The zero-order valence-corrected chi connectivity index (χ0v) is 17.3. The Hall–Kier alpha value is -3.58. The molecule has 2 aromatic carbocycles. The summed E-state index contributed by atoms with van der Waals surface area (Å²) in [4.78, 5) is 12.2. The number of hydrogen-bond donors (Lipinski definition) is 1. The fourth-order valence-corrected chi connectivity index (χ4v) is 2.87. The molecular weight excluding hydrogens is 382 g/mol. The lowest BCUT2D eigenvalue weighted by Crippen LogP contribution is -2.07. The third-order valence-corrected chi connectivity index (χ3v) is 4.28. The minimum absolute atomic E-state index is 0.250. The number of nitrogens with zero attached hydrogens (tertiary/aromatic N) is 2. The molecule has 0 bridgehead atoms. The monoisotopic (exact) mass is 407 g/mol. The first-order valence-corrected chi connectivity index (χ1v) is 9.44. The summed E-state index contributed by atoms with van der Waals surface area (Å²) in [6.45, 7) is 2.70. The van der Waals surface area contributed by atoms with Crippen LogP contribution in [0, 0.1) is 6.92 Å². The molecule has 0 spiro atoms. The van der Waals surface area contributed by atoms with Crippen LogP contribution in [0.15, 0.2) is 60.9 Å². The molecule has 0 aliphatic heterocycles. The predicted octanol–water partition coefficient (Wildman–Crippen LogP) is 4.03. The third-order valence-electron chi connectivity index (χ3n) is 4.28. The third kappa shape index (κ3) is 5.96. The maximum Gasteiger partial charge on any atom is 0.248 e. The number of hydrogen-bond acceptors (Lipinski definition) is 5. The number of aromatic nitrogens is 2. The number of amides is 1. The highest BCUT2D eigenvalue weighted by molar-refractivity contribution is 6.01. The SMILES string of the molecule is COCn1cc(NC(=O)/C=C/c2ccc(OC)c(COc3cccc(C)c3)c2)cn1. The van der Waals surface area contributed by atoms with Gasteiger partial charge in [-0.1, -0.05) is 18.2 Å². The normalized spacial score (nSPS) is 10.9. The van der Waals surface area contributed by atoms with Crippen molar-refractivity contribution in [2.45, 2.75) is 20.3 Å². The minimum Gasteiger partial charge on any atom is -0.496 e. The van der Waals surface area contributed by atoms with E-state index >= 15 is 0 Å². The lowest BCUT2D eigenvalue weighted by Gasteiger charge is -2.11. The van der Waals surface area contributed by atoms with Crippen molar-refractivity contribution in [1.82, 2.24) is 9.78 Å². The molecule has 1 heterocycles. The van der Waals surface area contributed by atoms with Gasteiger partial charge in [0.05, 0.1) is 25.2 Å². The molecule has 0 radical (unpaired) electrons. The van der Waals surface area contributed by atoms with Gasteiger partial charge < -0.3 is 19.5 Å². The van der Waals surface area contributed by atoms with E-state index < -0.39 is 0 Å². The van der Waals surface area contributed by atoms with E-state index in [0.717, 1.165) is 28.2 Å². The predicted molar refractivity (Wildman–Crippen MR) is 115 cm³/mol. The van der Waals surface area contributed by atoms with E-state index in [2.05, 4.69) is 10.4 Å². The van der Waals surface area contributed by atoms with Crippen LogP contribution in [-0.2, 0) is 22.9 Å². The zero-order valence-electron chi connectivity index (χ0n) is 17.3. The van der Waals surface area contributed by atoms with Crippen LogP contribution in [0.5, 0.6) is 11.5 Å². The summed E-state index contributed by atoms with van der Waals surface area (Å²) >= 11 is 0. The molecule has 7 nitrogen and oxygen atoms in total. The number of rotatable bonds is 9. The molecule has 0 fully saturated rings. The molecule has 30 heavy (non-hydrogen) atoms. The van der Waals surface area contributed by atoms with Gasteiger partial charge in [0.2, 0.25) is 5.91 Å². The molecule has 156 valence electrons. The van der Waals surface area contributed by atoms with Crippen molar-refractivity contribution in [3.63, 3.8) is 0 Å². The van der Waals surface area contributed by atoms with Crippen molar-refractivity contribution < 1.29 is 19.0 Å². The first kappa shape index (κ1) is 21.1. The van der Waals surface area contributed by atoms with E-state index in [9.17, 15) is 4.79 Å². The van der Waals surface area contributed by atoms with E-state index in [0.29, 0.717) is 19.0 Å². The summed E-state index contributed by atoms with van der Waals surface area (Å²) in [6, 6.07) is 13.6. The van der Waals surface area contributed by atoms with Crippen molar-refractivity contribution in [1.29, 1.82) is 0 Å². The Morgan fingerprint density at radius 1 is 1.20 bits per heavy atom. The molecule has 7 heteroatoms. The molecule has 0 unspecified atom stereocenters. The van der Waals surface area contributed by atoms with Crippen LogP contribution in [0.1, 0.15) is 16.7 Å². The summed E-state index contributed by atoms with van der Waals surface area (Å²) in [6.07, 6.45) is 6.48. The second kappa shape index (κ2) is 10.3. The summed E-state index contributed by atoms with van der Waals surface area (Å²) in [5, 5.41) is 6.85. The molecule has 3 aromatic rings. The van der Waals surface area contributed by atoms with Gasteiger partial charge in [-0.2, -0.15) is 5.10 Å². The van der Waals surface area contributed by atoms with Crippen LogP contribution in [0.25, 0.3) is 6.08 Å². The Kier molecular flexibility index (Phi) is 7.24. The fourth-order valence-electron chi connectivity index (χ4n) is 2.87. The van der Waals surface area contributed by atoms with E-state index in [-0.39, 0.29) is 5.91 Å². The molecular formula is C23H25N3O4. The van der Waals surface area contributed by atoms with E-state index in [1.807, 2.05) is 49.4 Å². The Morgan fingerprint density at radius 3 is 2.83 bits per heavy atom. The Morgan fingerprint density at radius 2 is 2.07 bits per heavy atom. The summed E-state index contributed by atoms with van der Waals surface area (Å²) < 4.78 is 17.9. The molecule has 3 rings (SSSR count). The number of methoxy groups -OCH3 is 2. The van der Waals surface area contributed by atoms with Crippen molar-refractivity contribution in [2.24, 2.45) is 0 Å². The summed E-state index contributed by atoms with van der Waals surface area (Å²) in [7, 11) is 3.20. The maximum absolute atomic E-state index is 12.2. The largest absolute Gasteiger partial charge is 0.496 e. The molecule has 0 saturated heterocycles. The van der Waals surface area contributed by atoms with Crippen LogP contribution in [-0.4, -0.2) is 29.9 Å². The average molecular weight is 407 g/mol. The van der Waals surface area contributed by atoms with Crippen molar-refractivity contribution in [2.75, 3.05) is 19.5 Å². The molecule has 0 aliphatic rings. The molecule has 1 amide bonds. The minimum atomic E-state index is -0.250. The highest BCUT2D eigenvalue weighted by Crippen LogP contribution is 2.23.